The number of nitrogens with zero attached hydrogens (tertiary/aromatic N) is 1. The Balaban J connectivity index is 1.53. The van der Waals surface area contributed by atoms with Crippen LogP contribution in [0.25, 0.3) is 0 Å². The molecule has 0 radical (unpaired) electrons. The molecular weight excluding hydrogens is 461 g/mol. The average molecular weight is 505 g/mol. The highest BCUT2D eigenvalue weighted by Gasteiger charge is 2.44. The van der Waals surface area contributed by atoms with Crippen molar-refractivity contribution in [2.75, 3.05) is 33.0 Å². The van der Waals surface area contributed by atoms with Crippen LogP contribution in [0.1, 0.15) is 51.9 Å². The fourth-order valence-electron chi connectivity index (χ4n) is 4.76. The molecule has 3 nitrogen and oxygen atoms in total. The molecule has 0 aliphatic rings. The minimum atomic E-state index is -1.77. The number of unbranched alkanes of at least 4 members (excludes halogenated alkanes) is 3. The normalized spacial score (nSPS) is 11.4. The summed E-state index contributed by atoms with van der Waals surface area (Å²) in [6.07, 6.45) is 7.97. The lowest BCUT2D eigenvalue weighted by Crippen LogP contribution is -2.33. The Morgan fingerprint density at radius 2 is 1.19 bits per heavy atom. The van der Waals surface area contributed by atoms with Gasteiger partial charge in [-0.05, 0) is 55.7 Å². The molecule has 0 aliphatic carbocycles. The summed E-state index contributed by atoms with van der Waals surface area (Å²) in [6.45, 7) is 4.57. The lowest BCUT2D eigenvalue weighted by atomic mass is 10.2. The first-order valence-electron chi connectivity index (χ1n) is 13.5. The number of carbonyl (C=O) groups excluding carboxylic acids is 1. The molecule has 3 aromatic carbocycles. The van der Waals surface area contributed by atoms with Gasteiger partial charge in [-0.15, -0.1) is 0 Å². The molecule has 0 spiro atoms. The summed E-state index contributed by atoms with van der Waals surface area (Å²) in [5.41, 5.74) is 0. The molecule has 0 fully saturated rings. The number of benzene rings is 3. The summed E-state index contributed by atoms with van der Waals surface area (Å²) in [6, 6.07) is 33.1. The third kappa shape index (κ3) is 8.02. The molecule has 4 heteroatoms. The number of ether oxygens (including phenoxy) is 1. The summed E-state index contributed by atoms with van der Waals surface area (Å²) >= 11 is 0. The van der Waals surface area contributed by atoms with Crippen LogP contribution in [0.3, 0.4) is 0 Å². The quantitative estimate of drug-likeness (QED) is 0.172. The van der Waals surface area contributed by atoms with Gasteiger partial charge in [0.05, 0.1) is 12.8 Å². The highest BCUT2D eigenvalue weighted by atomic mass is 31.2. The summed E-state index contributed by atoms with van der Waals surface area (Å²) < 4.78 is 6.07. The van der Waals surface area contributed by atoms with Crippen LogP contribution in [0.5, 0.6) is 0 Å². The maximum atomic E-state index is 12.2. The molecular formula is C32H43NO2P+. The molecule has 192 valence electrons. The number of hydrogen-bond donors (Lipinski definition) is 0. The van der Waals surface area contributed by atoms with E-state index in [9.17, 15) is 4.79 Å². The van der Waals surface area contributed by atoms with Crippen molar-refractivity contribution < 1.29 is 9.53 Å². The van der Waals surface area contributed by atoms with Gasteiger partial charge in [-0.2, -0.15) is 0 Å². The molecule has 0 N–H and O–H groups in total. The van der Waals surface area contributed by atoms with Gasteiger partial charge < -0.3 is 9.64 Å². The van der Waals surface area contributed by atoms with Crippen LogP contribution in [0, 0.1) is 0 Å². The molecule has 0 aromatic heterocycles. The van der Waals surface area contributed by atoms with E-state index in [0.717, 1.165) is 64.4 Å². The molecule has 0 aliphatic heterocycles. The molecule has 0 saturated heterocycles. The van der Waals surface area contributed by atoms with Crippen molar-refractivity contribution in [3.63, 3.8) is 0 Å². The van der Waals surface area contributed by atoms with E-state index < -0.39 is 7.26 Å². The van der Waals surface area contributed by atoms with Gasteiger partial charge in [-0.25, -0.2) is 0 Å². The van der Waals surface area contributed by atoms with Crippen LogP contribution >= 0.6 is 7.26 Å². The molecule has 0 saturated carbocycles. The Hall–Kier alpha value is -2.48. The first-order chi connectivity index (χ1) is 17.7. The third-order valence-corrected chi connectivity index (χ3v) is 11.4. The largest absolute Gasteiger partial charge is 0.381 e. The number of amides is 1. The smallest absolute Gasteiger partial charge is 0.222 e. The van der Waals surface area contributed by atoms with Crippen LogP contribution < -0.4 is 15.9 Å². The second-order valence-electron chi connectivity index (χ2n) is 9.49. The Morgan fingerprint density at radius 3 is 1.69 bits per heavy atom. The van der Waals surface area contributed by atoms with E-state index in [1.165, 1.54) is 15.9 Å². The van der Waals surface area contributed by atoms with Gasteiger partial charge in [-0.1, -0.05) is 74.4 Å². The van der Waals surface area contributed by atoms with Gasteiger partial charge in [0.15, 0.2) is 0 Å². The van der Waals surface area contributed by atoms with Gasteiger partial charge in [0.2, 0.25) is 5.91 Å². The van der Waals surface area contributed by atoms with E-state index in [-0.39, 0.29) is 5.91 Å². The average Bonchev–Trinajstić information content (AvgIpc) is 2.94. The maximum Gasteiger partial charge on any atom is 0.222 e. The monoisotopic (exact) mass is 504 g/mol. The minimum absolute atomic E-state index is 0.271. The van der Waals surface area contributed by atoms with Crippen molar-refractivity contribution in [2.24, 2.45) is 0 Å². The van der Waals surface area contributed by atoms with E-state index in [2.05, 4.69) is 97.9 Å². The van der Waals surface area contributed by atoms with Gasteiger partial charge >= 0.3 is 0 Å². The molecule has 0 atom stereocenters. The van der Waals surface area contributed by atoms with Crippen LogP contribution in [-0.2, 0) is 9.53 Å². The molecule has 3 aromatic rings. The Kier molecular flexibility index (Phi) is 12.2. The summed E-state index contributed by atoms with van der Waals surface area (Å²) in [5, 5.41) is 4.28. The molecule has 0 heterocycles. The third-order valence-electron chi connectivity index (χ3n) is 6.83. The molecule has 1 amide bonds. The molecule has 0 bridgehead atoms. The van der Waals surface area contributed by atoms with Gasteiger partial charge in [0.25, 0.3) is 0 Å². The predicted octanol–water partition coefficient (Wildman–Crippen LogP) is 6.21. The Morgan fingerprint density at radius 1 is 0.694 bits per heavy atom. The van der Waals surface area contributed by atoms with Gasteiger partial charge in [0, 0.05) is 33.0 Å². The van der Waals surface area contributed by atoms with Crippen LogP contribution in [0.2, 0.25) is 0 Å². The van der Waals surface area contributed by atoms with Crippen LogP contribution in [0.15, 0.2) is 91.0 Å². The summed E-state index contributed by atoms with van der Waals surface area (Å²) in [5.74, 6) is 0.271. The van der Waals surface area contributed by atoms with E-state index in [0.29, 0.717) is 6.42 Å². The topological polar surface area (TPSA) is 29.5 Å². The summed E-state index contributed by atoms with van der Waals surface area (Å²) in [7, 11) is 0.150. The van der Waals surface area contributed by atoms with Crippen molar-refractivity contribution >= 4 is 29.1 Å². The van der Waals surface area contributed by atoms with Crippen molar-refractivity contribution in [3.8, 4) is 0 Å². The number of rotatable bonds is 16. The zero-order valence-corrected chi connectivity index (χ0v) is 23.0. The van der Waals surface area contributed by atoms with Crippen LogP contribution in [-0.4, -0.2) is 43.8 Å². The minimum Gasteiger partial charge on any atom is -0.381 e. The van der Waals surface area contributed by atoms with Crippen molar-refractivity contribution in [2.45, 2.75) is 51.9 Å². The first-order valence-corrected chi connectivity index (χ1v) is 15.5. The Bertz CT molecular complexity index is 898. The highest BCUT2D eigenvalue weighted by molar-refractivity contribution is 7.95. The fraction of sp³-hybridized carbons (Fsp3) is 0.406. The molecule has 3 rings (SSSR count). The fourth-order valence-corrected chi connectivity index (χ4v) is 9.07. The lowest BCUT2D eigenvalue weighted by Gasteiger charge is -2.27. The lowest BCUT2D eigenvalue weighted by molar-refractivity contribution is -0.130. The Labute approximate surface area is 219 Å². The molecule has 36 heavy (non-hydrogen) atoms. The highest BCUT2D eigenvalue weighted by Crippen LogP contribution is 2.55. The zero-order chi connectivity index (χ0) is 25.5. The zero-order valence-electron chi connectivity index (χ0n) is 22.1. The predicted molar refractivity (Wildman–Crippen MR) is 156 cm³/mol. The van der Waals surface area contributed by atoms with Crippen molar-refractivity contribution in [1.82, 2.24) is 4.90 Å². The summed E-state index contributed by atoms with van der Waals surface area (Å²) in [4.78, 5) is 14.0. The molecule has 0 unspecified atom stereocenters. The van der Waals surface area contributed by atoms with Gasteiger partial charge in [0.1, 0.15) is 23.2 Å². The van der Waals surface area contributed by atoms with Crippen molar-refractivity contribution in [3.05, 3.63) is 91.0 Å². The van der Waals surface area contributed by atoms with E-state index in [1.54, 1.807) is 0 Å². The maximum absolute atomic E-state index is 12.2. The van der Waals surface area contributed by atoms with Gasteiger partial charge in [-0.3, -0.25) is 4.79 Å². The van der Waals surface area contributed by atoms with Crippen LogP contribution in [0.4, 0.5) is 0 Å². The number of hydrogen-bond acceptors (Lipinski definition) is 2. The SMILES string of the molecule is CCCCN(C)C(=O)CCCCCOCCC[P+](c1ccccc1)(c1ccccc1)c1ccccc1. The second-order valence-corrected chi connectivity index (χ2v) is 13.1. The first kappa shape index (κ1) is 28.1. The second kappa shape index (κ2) is 15.6. The van der Waals surface area contributed by atoms with E-state index >= 15 is 0 Å². The van der Waals surface area contributed by atoms with E-state index in [4.69, 9.17) is 4.74 Å². The van der Waals surface area contributed by atoms with E-state index in [1.807, 2.05) is 11.9 Å². The standard InChI is InChI=1S/C32H43NO2P/c1-3-4-25-33(2)32(34)24-15-8-16-26-35-27-17-28-36(29-18-9-5-10-19-29,30-20-11-6-12-21-30)31-22-13-7-14-23-31/h5-7,9-14,18-23H,3-4,8,15-17,24-28H2,1-2H3/q+1. The van der Waals surface area contributed by atoms with Crippen molar-refractivity contribution in [1.29, 1.82) is 0 Å². The number of carbonyl (C=O) groups is 1.